The largest absolute Gasteiger partial charge is 0.320 e. The van der Waals surface area contributed by atoms with Gasteiger partial charge in [0.1, 0.15) is 12.2 Å². The molecule has 15 heavy (non-hydrogen) atoms. The first kappa shape index (κ1) is 10.7. The van der Waals surface area contributed by atoms with Crippen molar-refractivity contribution in [3.63, 3.8) is 0 Å². The Hall–Kier alpha value is -0.860. The normalized spacial score (nSPS) is 20.4. The van der Waals surface area contributed by atoms with Gasteiger partial charge < -0.3 is 4.57 Å². The van der Waals surface area contributed by atoms with Crippen LogP contribution in [0.15, 0.2) is 6.33 Å². The van der Waals surface area contributed by atoms with Crippen molar-refractivity contribution in [2.75, 3.05) is 0 Å². The van der Waals surface area contributed by atoms with E-state index in [4.69, 9.17) is 0 Å². The third-order valence-corrected chi connectivity index (χ3v) is 3.74. The number of nitrogens with zero attached hydrogens (tertiary/aromatic N) is 3. The minimum atomic E-state index is 0.623. The maximum Gasteiger partial charge on any atom is 0.135 e. The van der Waals surface area contributed by atoms with E-state index in [9.17, 15) is 0 Å². The van der Waals surface area contributed by atoms with Gasteiger partial charge in [-0.05, 0) is 25.2 Å². The van der Waals surface area contributed by atoms with Crippen molar-refractivity contribution in [1.29, 1.82) is 0 Å². The number of rotatable bonds is 3. The van der Waals surface area contributed by atoms with Crippen LogP contribution in [0.5, 0.6) is 0 Å². The van der Waals surface area contributed by atoms with Gasteiger partial charge >= 0.3 is 0 Å². The molecular weight excluding hydrogens is 186 g/mol. The molecule has 0 amide bonds. The molecule has 2 rings (SSSR count). The molecule has 0 bridgehead atoms. The van der Waals surface area contributed by atoms with Crippen LogP contribution in [0, 0.1) is 5.92 Å². The SMILES string of the molecule is CCC(c1nncn1C)C1CCCCC1. The third kappa shape index (κ3) is 2.21. The summed E-state index contributed by atoms with van der Waals surface area (Å²) >= 11 is 0. The number of aromatic nitrogens is 3. The standard InChI is InChI=1S/C12H21N3/c1-3-11(10-7-5-4-6-8-10)12-14-13-9-15(12)2/h9-11H,3-8H2,1-2H3. The lowest BCUT2D eigenvalue weighted by Crippen LogP contribution is -2.18. The van der Waals surface area contributed by atoms with E-state index < -0.39 is 0 Å². The van der Waals surface area contributed by atoms with E-state index in [1.807, 2.05) is 6.33 Å². The summed E-state index contributed by atoms with van der Waals surface area (Å²) in [5.74, 6) is 2.65. The lowest BCUT2D eigenvalue weighted by molar-refractivity contribution is 0.288. The second-order valence-electron chi connectivity index (χ2n) is 4.71. The molecule has 3 nitrogen and oxygen atoms in total. The van der Waals surface area contributed by atoms with Gasteiger partial charge in [-0.25, -0.2) is 0 Å². The van der Waals surface area contributed by atoms with Crippen molar-refractivity contribution in [3.05, 3.63) is 12.2 Å². The van der Waals surface area contributed by atoms with E-state index in [1.54, 1.807) is 0 Å². The molecule has 1 aliphatic carbocycles. The predicted octanol–water partition coefficient (Wildman–Crippen LogP) is 2.89. The summed E-state index contributed by atoms with van der Waals surface area (Å²) in [7, 11) is 2.06. The van der Waals surface area contributed by atoms with Crippen molar-refractivity contribution in [2.45, 2.75) is 51.4 Å². The van der Waals surface area contributed by atoms with Crippen molar-refractivity contribution in [3.8, 4) is 0 Å². The van der Waals surface area contributed by atoms with Crippen LogP contribution in [-0.4, -0.2) is 14.8 Å². The quantitative estimate of drug-likeness (QED) is 0.763. The minimum Gasteiger partial charge on any atom is -0.320 e. The summed E-state index contributed by atoms with van der Waals surface area (Å²) in [4.78, 5) is 0. The van der Waals surface area contributed by atoms with Crippen LogP contribution < -0.4 is 0 Å². The van der Waals surface area contributed by atoms with Gasteiger partial charge in [-0.2, -0.15) is 0 Å². The lowest BCUT2D eigenvalue weighted by Gasteiger charge is -2.28. The number of hydrogen-bond donors (Lipinski definition) is 0. The summed E-state index contributed by atoms with van der Waals surface area (Å²) in [5.41, 5.74) is 0. The van der Waals surface area contributed by atoms with Crippen molar-refractivity contribution < 1.29 is 0 Å². The molecule has 0 aliphatic heterocycles. The molecule has 1 unspecified atom stereocenters. The van der Waals surface area contributed by atoms with Crippen LogP contribution in [0.3, 0.4) is 0 Å². The monoisotopic (exact) mass is 207 g/mol. The fraction of sp³-hybridized carbons (Fsp3) is 0.833. The van der Waals surface area contributed by atoms with E-state index >= 15 is 0 Å². The van der Waals surface area contributed by atoms with E-state index in [1.165, 1.54) is 44.3 Å². The Labute approximate surface area is 91.9 Å². The molecule has 1 atom stereocenters. The smallest absolute Gasteiger partial charge is 0.135 e. The highest BCUT2D eigenvalue weighted by Crippen LogP contribution is 2.36. The predicted molar refractivity (Wildman–Crippen MR) is 60.6 cm³/mol. The molecule has 0 spiro atoms. The molecule has 1 aliphatic rings. The maximum absolute atomic E-state index is 4.28. The Balaban J connectivity index is 2.12. The van der Waals surface area contributed by atoms with Gasteiger partial charge in [0.2, 0.25) is 0 Å². The molecule has 1 heterocycles. The van der Waals surface area contributed by atoms with Gasteiger partial charge in [-0.3, -0.25) is 0 Å². The molecule has 0 saturated heterocycles. The lowest BCUT2D eigenvalue weighted by atomic mass is 9.78. The first-order valence-corrected chi connectivity index (χ1v) is 6.16. The van der Waals surface area contributed by atoms with Crippen LogP contribution >= 0.6 is 0 Å². The van der Waals surface area contributed by atoms with E-state index in [2.05, 4.69) is 28.7 Å². The molecule has 1 saturated carbocycles. The van der Waals surface area contributed by atoms with Gasteiger partial charge in [-0.15, -0.1) is 10.2 Å². The van der Waals surface area contributed by atoms with Crippen LogP contribution in [0.2, 0.25) is 0 Å². The topological polar surface area (TPSA) is 30.7 Å². The summed E-state index contributed by atoms with van der Waals surface area (Å²) in [5, 5.41) is 8.27. The Morgan fingerprint density at radius 1 is 1.40 bits per heavy atom. The molecular formula is C12H21N3. The first-order chi connectivity index (χ1) is 7.33. The molecule has 1 aromatic rings. The molecule has 3 heteroatoms. The molecule has 0 radical (unpaired) electrons. The maximum atomic E-state index is 4.28. The van der Waals surface area contributed by atoms with Crippen molar-refractivity contribution in [1.82, 2.24) is 14.8 Å². The Morgan fingerprint density at radius 2 is 2.13 bits per heavy atom. The minimum absolute atomic E-state index is 0.623. The van der Waals surface area contributed by atoms with Gasteiger partial charge in [0.15, 0.2) is 0 Å². The fourth-order valence-electron chi connectivity index (χ4n) is 2.89. The van der Waals surface area contributed by atoms with Crippen LogP contribution in [0.1, 0.15) is 57.2 Å². The zero-order valence-corrected chi connectivity index (χ0v) is 9.82. The van der Waals surface area contributed by atoms with Gasteiger partial charge in [0, 0.05) is 13.0 Å². The zero-order valence-electron chi connectivity index (χ0n) is 9.82. The number of aryl methyl sites for hydroxylation is 1. The van der Waals surface area contributed by atoms with Crippen LogP contribution in [0.4, 0.5) is 0 Å². The van der Waals surface area contributed by atoms with Gasteiger partial charge in [-0.1, -0.05) is 26.2 Å². The fourth-order valence-corrected chi connectivity index (χ4v) is 2.89. The van der Waals surface area contributed by atoms with Gasteiger partial charge in [0.05, 0.1) is 0 Å². The summed E-state index contributed by atoms with van der Waals surface area (Å²) in [6, 6.07) is 0. The highest BCUT2D eigenvalue weighted by molar-refractivity contribution is 4.98. The summed E-state index contributed by atoms with van der Waals surface area (Å²) < 4.78 is 2.09. The van der Waals surface area contributed by atoms with Gasteiger partial charge in [0.25, 0.3) is 0 Å². The number of hydrogen-bond acceptors (Lipinski definition) is 2. The van der Waals surface area contributed by atoms with Crippen molar-refractivity contribution in [2.24, 2.45) is 13.0 Å². The van der Waals surface area contributed by atoms with E-state index in [0.29, 0.717) is 5.92 Å². The van der Waals surface area contributed by atoms with Crippen molar-refractivity contribution >= 4 is 0 Å². The second-order valence-corrected chi connectivity index (χ2v) is 4.71. The molecule has 0 N–H and O–H groups in total. The molecule has 1 aromatic heterocycles. The zero-order chi connectivity index (χ0) is 10.7. The van der Waals surface area contributed by atoms with E-state index in [-0.39, 0.29) is 0 Å². The molecule has 1 fully saturated rings. The molecule has 84 valence electrons. The second kappa shape index (κ2) is 4.77. The first-order valence-electron chi connectivity index (χ1n) is 6.16. The average molecular weight is 207 g/mol. The average Bonchev–Trinajstić information content (AvgIpc) is 2.68. The van der Waals surface area contributed by atoms with Crippen LogP contribution in [-0.2, 0) is 7.05 Å². The molecule has 0 aromatic carbocycles. The highest BCUT2D eigenvalue weighted by atomic mass is 15.2. The Kier molecular flexibility index (Phi) is 3.39. The summed E-state index contributed by atoms with van der Waals surface area (Å²) in [6.07, 6.45) is 10.00. The van der Waals surface area contributed by atoms with Crippen LogP contribution in [0.25, 0.3) is 0 Å². The van der Waals surface area contributed by atoms with E-state index in [0.717, 1.165) is 5.92 Å². The highest BCUT2D eigenvalue weighted by Gasteiger charge is 2.26. The Bertz CT molecular complexity index is 300. The Morgan fingerprint density at radius 3 is 2.67 bits per heavy atom. The summed E-state index contributed by atoms with van der Waals surface area (Å²) in [6.45, 7) is 2.27. The third-order valence-electron chi connectivity index (χ3n) is 3.74.